The van der Waals surface area contributed by atoms with Crippen molar-refractivity contribution >= 4 is 0 Å². The zero-order valence-electron chi connectivity index (χ0n) is 12.5. The van der Waals surface area contributed by atoms with Gasteiger partial charge in [-0.1, -0.05) is 32.0 Å². The highest BCUT2D eigenvalue weighted by Gasteiger charge is 2.30. The molecule has 1 nitrogen and oxygen atoms in total. The fraction of sp³-hybridized carbons (Fsp3) is 0.333. The third kappa shape index (κ3) is 3.48. The Bertz CT molecular complexity index is 618. The molecule has 2 rings (SSSR count). The van der Waals surface area contributed by atoms with Crippen molar-refractivity contribution in [1.29, 1.82) is 0 Å². The van der Waals surface area contributed by atoms with Crippen molar-refractivity contribution in [3.63, 3.8) is 0 Å². The Morgan fingerprint density at radius 3 is 2.14 bits per heavy atom. The summed E-state index contributed by atoms with van der Waals surface area (Å²) < 4.78 is 26.1. The molecule has 2 aromatic rings. The molecule has 0 aliphatic heterocycles. The predicted octanol–water partition coefficient (Wildman–Crippen LogP) is 4.15. The second kappa shape index (κ2) is 5.94. The molecule has 0 amide bonds. The molecule has 21 heavy (non-hydrogen) atoms. The van der Waals surface area contributed by atoms with Crippen molar-refractivity contribution in [1.82, 2.24) is 0 Å². The van der Waals surface area contributed by atoms with Crippen LogP contribution < -0.4 is 0 Å². The van der Waals surface area contributed by atoms with Gasteiger partial charge in [0.1, 0.15) is 11.6 Å². The zero-order valence-corrected chi connectivity index (χ0v) is 12.5. The van der Waals surface area contributed by atoms with Gasteiger partial charge in [-0.3, -0.25) is 0 Å². The number of rotatable bonds is 4. The van der Waals surface area contributed by atoms with Gasteiger partial charge in [-0.05, 0) is 54.3 Å². The summed E-state index contributed by atoms with van der Waals surface area (Å²) in [6, 6.07) is 10.7. The highest BCUT2D eigenvalue weighted by Crippen LogP contribution is 2.30. The van der Waals surface area contributed by atoms with Crippen LogP contribution in [0.3, 0.4) is 0 Å². The molecule has 112 valence electrons. The summed E-state index contributed by atoms with van der Waals surface area (Å²) in [5.74, 6) is -0.568. The van der Waals surface area contributed by atoms with E-state index in [9.17, 15) is 13.9 Å². The Morgan fingerprint density at radius 1 is 1.00 bits per heavy atom. The second-order valence-electron chi connectivity index (χ2n) is 6.02. The van der Waals surface area contributed by atoms with Crippen molar-refractivity contribution in [2.75, 3.05) is 0 Å². The molecular weight excluding hydrogens is 270 g/mol. The summed E-state index contributed by atoms with van der Waals surface area (Å²) in [4.78, 5) is 0. The minimum Gasteiger partial charge on any atom is -0.392 e. The van der Waals surface area contributed by atoms with E-state index in [4.69, 9.17) is 0 Å². The molecule has 0 bridgehead atoms. The summed E-state index contributed by atoms with van der Waals surface area (Å²) in [6.45, 7) is 5.67. The summed E-state index contributed by atoms with van der Waals surface area (Å²) >= 11 is 0. The Kier molecular flexibility index (Phi) is 4.43. The Labute approximate surface area is 124 Å². The Morgan fingerprint density at radius 2 is 1.57 bits per heavy atom. The molecule has 0 aliphatic rings. The van der Waals surface area contributed by atoms with Gasteiger partial charge in [0.2, 0.25) is 0 Å². The predicted molar refractivity (Wildman–Crippen MR) is 80.3 cm³/mol. The molecule has 1 atom stereocenters. The SMILES string of the molecule is Cc1cc(F)ccc1CC(O)C(C)(C)c1ccc(F)cc1. The monoisotopic (exact) mass is 290 g/mol. The molecule has 0 fully saturated rings. The lowest BCUT2D eigenvalue weighted by Gasteiger charge is -2.31. The van der Waals surface area contributed by atoms with Crippen LogP contribution >= 0.6 is 0 Å². The van der Waals surface area contributed by atoms with E-state index >= 15 is 0 Å². The largest absolute Gasteiger partial charge is 0.392 e. The molecule has 1 unspecified atom stereocenters. The van der Waals surface area contributed by atoms with E-state index < -0.39 is 11.5 Å². The van der Waals surface area contributed by atoms with Gasteiger partial charge in [-0.2, -0.15) is 0 Å². The van der Waals surface area contributed by atoms with Crippen LogP contribution in [0.2, 0.25) is 0 Å². The molecule has 0 spiro atoms. The normalized spacial score (nSPS) is 13.2. The molecule has 0 saturated carbocycles. The number of aryl methyl sites for hydroxylation is 1. The molecule has 0 saturated heterocycles. The maximum absolute atomic E-state index is 13.1. The van der Waals surface area contributed by atoms with Crippen LogP contribution in [0.4, 0.5) is 8.78 Å². The van der Waals surface area contributed by atoms with Crippen LogP contribution in [0, 0.1) is 18.6 Å². The topological polar surface area (TPSA) is 20.2 Å². The molecular formula is C18H20F2O. The van der Waals surface area contributed by atoms with E-state index in [0.29, 0.717) is 6.42 Å². The Balaban J connectivity index is 2.21. The molecule has 1 N–H and O–H groups in total. The fourth-order valence-electron chi connectivity index (χ4n) is 2.42. The number of hydrogen-bond acceptors (Lipinski definition) is 1. The van der Waals surface area contributed by atoms with Crippen LogP contribution in [-0.2, 0) is 11.8 Å². The van der Waals surface area contributed by atoms with Crippen LogP contribution in [0.1, 0.15) is 30.5 Å². The van der Waals surface area contributed by atoms with Gasteiger partial charge in [0.05, 0.1) is 6.10 Å². The first kappa shape index (κ1) is 15.6. The number of halogens is 2. The minimum absolute atomic E-state index is 0.275. The van der Waals surface area contributed by atoms with Gasteiger partial charge < -0.3 is 5.11 Å². The van der Waals surface area contributed by atoms with Crippen molar-refractivity contribution in [3.05, 3.63) is 70.8 Å². The van der Waals surface area contributed by atoms with Crippen LogP contribution in [0.15, 0.2) is 42.5 Å². The van der Waals surface area contributed by atoms with Crippen LogP contribution in [0.25, 0.3) is 0 Å². The molecule has 2 aromatic carbocycles. The van der Waals surface area contributed by atoms with Crippen LogP contribution in [0.5, 0.6) is 0 Å². The average molecular weight is 290 g/mol. The molecule has 3 heteroatoms. The first-order valence-electron chi connectivity index (χ1n) is 7.00. The van der Waals surface area contributed by atoms with E-state index in [-0.39, 0.29) is 11.6 Å². The standard InChI is InChI=1S/C18H20F2O/c1-12-10-16(20)7-4-13(12)11-17(21)18(2,3)14-5-8-15(19)9-6-14/h4-10,17,21H,11H2,1-3H3. The fourth-order valence-corrected chi connectivity index (χ4v) is 2.42. The van der Waals surface area contributed by atoms with Gasteiger partial charge in [0.15, 0.2) is 0 Å². The maximum atomic E-state index is 13.1. The molecule has 0 aliphatic carbocycles. The molecule has 0 radical (unpaired) electrons. The van der Waals surface area contributed by atoms with Crippen LogP contribution in [-0.4, -0.2) is 11.2 Å². The van der Waals surface area contributed by atoms with Crippen molar-refractivity contribution in [2.45, 2.75) is 38.7 Å². The maximum Gasteiger partial charge on any atom is 0.123 e. The third-order valence-electron chi connectivity index (χ3n) is 4.14. The lowest BCUT2D eigenvalue weighted by Crippen LogP contribution is -2.35. The van der Waals surface area contributed by atoms with E-state index in [1.54, 1.807) is 18.2 Å². The van der Waals surface area contributed by atoms with E-state index in [0.717, 1.165) is 16.7 Å². The lowest BCUT2D eigenvalue weighted by atomic mass is 9.77. The second-order valence-corrected chi connectivity index (χ2v) is 6.02. The van der Waals surface area contributed by atoms with Crippen molar-refractivity contribution in [2.24, 2.45) is 0 Å². The minimum atomic E-state index is -0.646. The van der Waals surface area contributed by atoms with Gasteiger partial charge >= 0.3 is 0 Å². The zero-order chi connectivity index (χ0) is 15.6. The number of hydrogen-bond donors (Lipinski definition) is 1. The first-order chi connectivity index (χ1) is 9.80. The Hall–Kier alpha value is -1.74. The quantitative estimate of drug-likeness (QED) is 0.896. The van der Waals surface area contributed by atoms with Crippen molar-refractivity contribution in [3.8, 4) is 0 Å². The smallest absolute Gasteiger partial charge is 0.123 e. The number of aliphatic hydroxyl groups excluding tert-OH is 1. The number of benzene rings is 2. The van der Waals surface area contributed by atoms with Gasteiger partial charge in [-0.15, -0.1) is 0 Å². The van der Waals surface area contributed by atoms with Gasteiger partial charge in [0, 0.05) is 5.41 Å². The summed E-state index contributed by atoms with van der Waals surface area (Å²) in [7, 11) is 0. The van der Waals surface area contributed by atoms with E-state index in [1.807, 2.05) is 20.8 Å². The first-order valence-corrected chi connectivity index (χ1v) is 7.00. The highest BCUT2D eigenvalue weighted by atomic mass is 19.1. The summed E-state index contributed by atoms with van der Waals surface area (Å²) in [5, 5.41) is 10.6. The molecule has 0 aromatic heterocycles. The summed E-state index contributed by atoms with van der Waals surface area (Å²) in [6.07, 6.45) is -0.219. The molecule has 0 heterocycles. The number of aliphatic hydroxyl groups is 1. The van der Waals surface area contributed by atoms with Gasteiger partial charge in [0.25, 0.3) is 0 Å². The lowest BCUT2D eigenvalue weighted by molar-refractivity contribution is 0.0998. The van der Waals surface area contributed by atoms with E-state index in [2.05, 4.69) is 0 Å². The van der Waals surface area contributed by atoms with Gasteiger partial charge in [-0.25, -0.2) is 8.78 Å². The van der Waals surface area contributed by atoms with E-state index in [1.165, 1.54) is 24.3 Å². The average Bonchev–Trinajstić information content (AvgIpc) is 2.42. The van der Waals surface area contributed by atoms with Crippen molar-refractivity contribution < 1.29 is 13.9 Å². The third-order valence-corrected chi connectivity index (χ3v) is 4.14. The highest BCUT2D eigenvalue weighted by molar-refractivity contribution is 5.30. The summed E-state index contributed by atoms with van der Waals surface area (Å²) in [5.41, 5.74) is 2.09.